The molecule has 0 aliphatic heterocycles. The van der Waals surface area contributed by atoms with Gasteiger partial charge in [-0.3, -0.25) is 4.99 Å². The van der Waals surface area contributed by atoms with E-state index in [9.17, 15) is 4.79 Å². The summed E-state index contributed by atoms with van der Waals surface area (Å²) in [5, 5.41) is 1.15. The quantitative estimate of drug-likeness (QED) is 0.358. The van der Waals surface area contributed by atoms with Gasteiger partial charge in [-0.2, -0.15) is 0 Å². The lowest BCUT2D eigenvalue weighted by Crippen LogP contribution is -2.12. The number of benzene rings is 2. The maximum Gasteiger partial charge on any atom is 0.339 e. The van der Waals surface area contributed by atoms with Crippen molar-refractivity contribution in [3.8, 4) is 11.3 Å². The monoisotopic (exact) mass is 401 g/mol. The summed E-state index contributed by atoms with van der Waals surface area (Å²) in [5.41, 5.74) is 1.71. The van der Waals surface area contributed by atoms with Crippen LogP contribution in [0.1, 0.15) is 30.0 Å². The van der Waals surface area contributed by atoms with Crippen molar-refractivity contribution in [3.05, 3.63) is 76.0 Å². The highest BCUT2D eigenvalue weighted by Gasteiger charge is 2.18. The molecule has 1 heterocycles. The zero-order chi connectivity index (χ0) is 19.4. The molecule has 4 nitrogen and oxygen atoms in total. The molecule has 0 amide bonds. The number of rotatable bonds is 5. The molecule has 3 aromatic rings. The maximum atomic E-state index is 12.4. The first-order valence-corrected chi connectivity index (χ1v) is 9.08. The number of hydrogen-bond donors (Lipinski definition) is 0. The van der Waals surface area contributed by atoms with E-state index in [0.29, 0.717) is 32.7 Å². The van der Waals surface area contributed by atoms with E-state index in [1.807, 2.05) is 0 Å². The number of nitrogens with zero attached hydrogens (tertiary/aromatic N) is 1. The molecular weight excluding hydrogens is 385 g/mol. The summed E-state index contributed by atoms with van der Waals surface area (Å²) < 4.78 is 11.1. The van der Waals surface area contributed by atoms with Gasteiger partial charge in [0.15, 0.2) is 0 Å². The molecule has 0 bridgehead atoms. The third-order valence-electron chi connectivity index (χ3n) is 3.60. The zero-order valence-corrected chi connectivity index (χ0v) is 16.3. The number of aliphatic imine (C=N–C) groups is 1. The number of hydrogen-bond acceptors (Lipinski definition) is 4. The van der Waals surface area contributed by atoms with Crippen molar-refractivity contribution in [1.82, 2.24) is 0 Å². The van der Waals surface area contributed by atoms with Gasteiger partial charge >= 0.3 is 5.97 Å². The first kappa shape index (κ1) is 19.2. The molecule has 0 spiro atoms. The Hall–Kier alpha value is -2.56. The SMILES string of the molecule is CC(C)OC(=O)c1ccc(Cl)cc1-c1ccc(C=Nc2ccc(Cl)cc2)o1. The van der Waals surface area contributed by atoms with Crippen molar-refractivity contribution in [1.29, 1.82) is 0 Å². The van der Waals surface area contributed by atoms with Crippen molar-refractivity contribution < 1.29 is 13.9 Å². The Morgan fingerprint density at radius 1 is 1.04 bits per heavy atom. The molecule has 0 aliphatic rings. The van der Waals surface area contributed by atoms with Crippen LogP contribution in [0.15, 0.2) is 64.0 Å². The molecule has 2 aromatic carbocycles. The van der Waals surface area contributed by atoms with Gasteiger partial charge in [-0.1, -0.05) is 23.2 Å². The van der Waals surface area contributed by atoms with Gasteiger partial charge in [0.2, 0.25) is 0 Å². The van der Waals surface area contributed by atoms with Crippen LogP contribution < -0.4 is 0 Å². The number of carbonyl (C=O) groups excluding carboxylic acids is 1. The maximum absolute atomic E-state index is 12.4. The van der Waals surface area contributed by atoms with Crippen LogP contribution in [0.25, 0.3) is 11.3 Å². The van der Waals surface area contributed by atoms with Gasteiger partial charge in [-0.15, -0.1) is 0 Å². The summed E-state index contributed by atoms with van der Waals surface area (Å²) in [6.45, 7) is 3.59. The molecule has 3 rings (SSSR count). The molecule has 6 heteroatoms. The minimum absolute atomic E-state index is 0.223. The highest BCUT2D eigenvalue weighted by atomic mass is 35.5. The molecule has 0 saturated heterocycles. The van der Waals surface area contributed by atoms with Gasteiger partial charge < -0.3 is 9.15 Å². The second-order valence-corrected chi connectivity index (χ2v) is 6.95. The molecule has 138 valence electrons. The molecule has 0 atom stereocenters. The number of furan rings is 1. The second kappa shape index (κ2) is 8.42. The molecule has 27 heavy (non-hydrogen) atoms. The Balaban J connectivity index is 1.88. The first-order valence-electron chi connectivity index (χ1n) is 8.33. The summed E-state index contributed by atoms with van der Waals surface area (Å²) in [7, 11) is 0. The molecule has 0 unspecified atom stereocenters. The van der Waals surface area contributed by atoms with Gasteiger partial charge in [-0.05, 0) is 68.4 Å². The summed E-state index contributed by atoms with van der Waals surface area (Å²) >= 11 is 12.0. The fourth-order valence-electron chi connectivity index (χ4n) is 2.41. The summed E-state index contributed by atoms with van der Waals surface area (Å²) in [6, 6.07) is 15.6. The van der Waals surface area contributed by atoms with Crippen molar-refractivity contribution in [2.75, 3.05) is 0 Å². The van der Waals surface area contributed by atoms with Crippen molar-refractivity contribution in [3.63, 3.8) is 0 Å². The lowest BCUT2D eigenvalue weighted by Gasteiger charge is -2.11. The fourth-order valence-corrected chi connectivity index (χ4v) is 2.71. The molecule has 1 aromatic heterocycles. The molecule has 0 saturated carbocycles. The molecular formula is C21H17Cl2NO3. The Kier molecular flexibility index (Phi) is 5.99. The fraction of sp³-hybridized carbons (Fsp3) is 0.143. The van der Waals surface area contributed by atoms with E-state index >= 15 is 0 Å². The third-order valence-corrected chi connectivity index (χ3v) is 4.09. The van der Waals surface area contributed by atoms with E-state index in [-0.39, 0.29) is 6.10 Å². The van der Waals surface area contributed by atoms with Gasteiger partial charge in [0.1, 0.15) is 11.5 Å². The van der Waals surface area contributed by atoms with Crippen molar-refractivity contribution >= 4 is 41.1 Å². The lowest BCUT2D eigenvalue weighted by molar-refractivity contribution is 0.0378. The van der Waals surface area contributed by atoms with E-state index in [2.05, 4.69) is 4.99 Å². The number of esters is 1. The molecule has 0 N–H and O–H groups in total. The van der Waals surface area contributed by atoms with Crippen molar-refractivity contribution in [2.45, 2.75) is 20.0 Å². The zero-order valence-electron chi connectivity index (χ0n) is 14.8. The smallest absolute Gasteiger partial charge is 0.339 e. The predicted molar refractivity (Wildman–Crippen MR) is 108 cm³/mol. The lowest BCUT2D eigenvalue weighted by atomic mass is 10.1. The Morgan fingerprint density at radius 2 is 1.74 bits per heavy atom. The standard InChI is InChI=1S/C21H17Cl2NO3/c1-13(2)26-21(25)18-9-5-15(23)11-19(18)20-10-8-17(27-20)12-24-16-6-3-14(22)4-7-16/h3-13H,1-2H3. The van der Waals surface area contributed by atoms with Crippen LogP contribution in [-0.4, -0.2) is 18.3 Å². The van der Waals surface area contributed by atoms with Gasteiger partial charge in [-0.25, -0.2) is 4.79 Å². The highest BCUT2D eigenvalue weighted by molar-refractivity contribution is 6.31. The van der Waals surface area contributed by atoms with E-state index < -0.39 is 5.97 Å². The average Bonchev–Trinajstić information content (AvgIpc) is 3.09. The van der Waals surface area contributed by atoms with Crippen LogP contribution in [0, 0.1) is 0 Å². The van der Waals surface area contributed by atoms with Crippen LogP contribution in [0.2, 0.25) is 10.0 Å². The summed E-state index contributed by atoms with van der Waals surface area (Å²) in [5.74, 6) is 0.623. The van der Waals surface area contributed by atoms with Gasteiger partial charge in [0, 0.05) is 15.6 Å². The van der Waals surface area contributed by atoms with Crippen LogP contribution in [0.3, 0.4) is 0 Å². The topological polar surface area (TPSA) is 51.8 Å². The van der Waals surface area contributed by atoms with Crippen molar-refractivity contribution in [2.24, 2.45) is 4.99 Å². The van der Waals surface area contributed by atoms with Gasteiger partial charge in [0.05, 0.1) is 23.6 Å². The minimum Gasteiger partial charge on any atom is -0.459 e. The Labute approximate surface area is 167 Å². The van der Waals surface area contributed by atoms with Crippen LogP contribution in [0.5, 0.6) is 0 Å². The van der Waals surface area contributed by atoms with E-state index in [1.165, 1.54) is 0 Å². The average molecular weight is 402 g/mol. The molecule has 0 fully saturated rings. The first-order chi connectivity index (χ1) is 12.9. The normalized spacial score (nSPS) is 11.3. The highest BCUT2D eigenvalue weighted by Crippen LogP contribution is 2.29. The minimum atomic E-state index is -0.426. The van der Waals surface area contributed by atoms with Crippen LogP contribution in [-0.2, 0) is 4.74 Å². The van der Waals surface area contributed by atoms with Crippen LogP contribution >= 0.6 is 23.2 Å². The Morgan fingerprint density at radius 3 is 2.44 bits per heavy atom. The van der Waals surface area contributed by atoms with E-state index in [1.54, 1.807) is 74.7 Å². The molecule has 0 radical (unpaired) electrons. The number of ether oxygens (including phenoxy) is 1. The van der Waals surface area contributed by atoms with E-state index in [0.717, 1.165) is 5.69 Å². The summed E-state index contributed by atoms with van der Waals surface area (Å²) in [4.78, 5) is 16.7. The summed E-state index contributed by atoms with van der Waals surface area (Å²) in [6.07, 6.45) is 1.38. The number of halogens is 2. The third kappa shape index (κ3) is 5.00. The number of carbonyl (C=O) groups is 1. The molecule has 0 aliphatic carbocycles. The van der Waals surface area contributed by atoms with Crippen LogP contribution in [0.4, 0.5) is 5.69 Å². The largest absolute Gasteiger partial charge is 0.459 e. The van der Waals surface area contributed by atoms with E-state index in [4.69, 9.17) is 32.4 Å². The van der Waals surface area contributed by atoms with Gasteiger partial charge in [0.25, 0.3) is 0 Å². The Bertz CT molecular complexity index is 975. The predicted octanol–water partition coefficient (Wildman–Crippen LogP) is 6.57. The second-order valence-electron chi connectivity index (χ2n) is 6.08.